The van der Waals surface area contributed by atoms with Gasteiger partial charge in [0, 0.05) is 0 Å². The second-order valence-corrected chi connectivity index (χ2v) is 11.3. The van der Waals surface area contributed by atoms with Crippen LogP contribution in [0.25, 0.3) is 0 Å². The van der Waals surface area contributed by atoms with Gasteiger partial charge in [0.1, 0.15) is 5.75 Å². The molecule has 35 heavy (non-hydrogen) atoms. The van der Waals surface area contributed by atoms with Crippen LogP contribution in [0.15, 0.2) is 83.8 Å². The summed E-state index contributed by atoms with van der Waals surface area (Å²) in [5, 5.41) is 13.2. The molecule has 0 atom stereocenters. The number of hydrogen-bond acceptors (Lipinski definition) is 4. The fraction of sp³-hybridized carbons (Fsp3) is 0.379. The molecule has 1 fully saturated rings. The zero-order valence-electron chi connectivity index (χ0n) is 20.3. The van der Waals surface area contributed by atoms with E-state index in [4.69, 9.17) is 0 Å². The van der Waals surface area contributed by atoms with E-state index in [2.05, 4.69) is 5.32 Å². The highest BCUT2D eigenvalue weighted by atomic mass is 32.2. The molecule has 5 nitrogen and oxygen atoms in total. The fourth-order valence-electron chi connectivity index (χ4n) is 4.75. The molecule has 0 aliphatic heterocycles. The van der Waals surface area contributed by atoms with Gasteiger partial charge in [0.15, 0.2) is 0 Å². The SMILES string of the molecule is O=S(=O)(c1ccccc1)N(Cc1ccc(O)cc1)c1ccc(CCCNCC2CCCCC2)cc1. The number of nitrogens with zero attached hydrogens (tertiary/aromatic N) is 1. The highest BCUT2D eigenvalue weighted by molar-refractivity contribution is 7.92. The molecule has 4 rings (SSSR count). The second-order valence-electron chi connectivity index (χ2n) is 9.47. The summed E-state index contributed by atoms with van der Waals surface area (Å²) < 4.78 is 28.5. The number of aromatic hydroxyl groups is 1. The third-order valence-electron chi connectivity index (χ3n) is 6.79. The Labute approximate surface area is 209 Å². The maximum atomic E-state index is 13.5. The Morgan fingerprint density at radius 3 is 2.17 bits per heavy atom. The van der Waals surface area contributed by atoms with Crippen LogP contribution in [0.5, 0.6) is 5.75 Å². The van der Waals surface area contributed by atoms with Crippen LogP contribution in [-0.2, 0) is 23.0 Å². The summed E-state index contributed by atoms with van der Waals surface area (Å²) in [5.41, 5.74) is 2.63. The average molecular weight is 493 g/mol. The van der Waals surface area contributed by atoms with Gasteiger partial charge >= 0.3 is 0 Å². The van der Waals surface area contributed by atoms with E-state index in [-0.39, 0.29) is 17.2 Å². The lowest BCUT2D eigenvalue weighted by Crippen LogP contribution is -2.30. The molecule has 186 valence electrons. The van der Waals surface area contributed by atoms with Gasteiger partial charge < -0.3 is 10.4 Å². The minimum absolute atomic E-state index is 0.156. The number of benzene rings is 3. The first-order chi connectivity index (χ1) is 17.0. The van der Waals surface area contributed by atoms with E-state index in [9.17, 15) is 13.5 Å². The van der Waals surface area contributed by atoms with Crippen LogP contribution in [0, 0.1) is 5.92 Å². The molecule has 3 aromatic carbocycles. The Hall–Kier alpha value is -2.83. The molecule has 0 radical (unpaired) electrons. The first kappa shape index (κ1) is 25.3. The lowest BCUT2D eigenvalue weighted by Gasteiger charge is -2.25. The predicted molar refractivity (Wildman–Crippen MR) is 142 cm³/mol. The van der Waals surface area contributed by atoms with Crippen LogP contribution >= 0.6 is 0 Å². The van der Waals surface area contributed by atoms with Crippen molar-refractivity contribution in [1.29, 1.82) is 0 Å². The van der Waals surface area contributed by atoms with Crippen molar-refractivity contribution in [2.75, 3.05) is 17.4 Å². The highest BCUT2D eigenvalue weighted by Crippen LogP contribution is 2.27. The molecule has 1 aliphatic rings. The van der Waals surface area contributed by atoms with E-state index in [1.54, 1.807) is 48.5 Å². The van der Waals surface area contributed by atoms with Crippen LogP contribution in [0.1, 0.15) is 49.7 Å². The molecule has 0 unspecified atom stereocenters. The van der Waals surface area contributed by atoms with Crippen LogP contribution in [-0.4, -0.2) is 26.6 Å². The third-order valence-corrected chi connectivity index (χ3v) is 8.58. The van der Waals surface area contributed by atoms with E-state index < -0.39 is 10.0 Å². The average Bonchev–Trinajstić information content (AvgIpc) is 2.90. The maximum absolute atomic E-state index is 13.5. The molecular formula is C29H36N2O3S. The van der Waals surface area contributed by atoms with E-state index >= 15 is 0 Å². The first-order valence-electron chi connectivity index (χ1n) is 12.7. The number of nitrogens with one attached hydrogen (secondary N) is 1. The molecule has 0 amide bonds. The van der Waals surface area contributed by atoms with E-state index in [0.29, 0.717) is 5.69 Å². The van der Waals surface area contributed by atoms with Crippen molar-refractivity contribution in [2.24, 2.45) is 5.92 Å². The highest BCUT2D eigenvalue weighted by Gasteiger charge is 2.25. The number of sulfonamides is 1. The first-order valence-corrected chi connectivity index (χ1v) is 14.1. The van der Waals surface area contributed by atoms with Gasteiger partial charge in [-0.25, -0.2) is 8.42 Å². The van der Waals surface area contributed by atoms with Crippen LogP contribution < -0.4 is 9.62 Å². The van der Waals surface area contributed by atoms with Crippen molar-refractivity contribution in [3.8, 4) is 5.75 Å². The van der Waals surface area contributed by atoms with Crippen molar-refractivity contribution in [1.82, 2.24) is 5.32 Å². The Morgan fingerprint density at radius 2 is 1.49 bits per heavy atom. The smallest absolute Gasteiger partial charge is 0.264 e. The Morgan fingerprint density at radius 1 is 0.829 bits per heavy atom. The Kier molecular flexibility index (Phi) is 8.83. The molecule has 0 aromatic heterocycles. The molecule has 0 saturated heterocycles. The summed E-state index contributed by atoms with van der Waals surface area (Å²) in [7, 11) is -3.75. The van der Waals surface area contributed by atoms with Crippen LogP contribution in [0.2, 0.25) is 0 Å². The molecule has 0 spiro atoms. The third kappa shape index (κ3) is 7.09. The standard InChI is InChI=1S/C29H36N2O3S/c32-28-19-15-26(16-20-28)23-31(35(33,34)29-11-5-2-6-12-29)27-17-13-24(14-18-27)10-7-21-30-22-25-8-3-1-4-9-25/h2,5-6,11-20,25,30,32H,1,3-4,7-10,21-23H2. The summed E-state index contributed by atoms with van der Waals surface area (Å²) in [4.78, 5) is 0.256. The zero-order valence-corrected chi connectivity index (χ0v) is 21.1. The molecule has 2 N–H and O–H groups in total. The van der Waals surface area contributed by atoms with Gasteiger partial charge in [0.2, 0.25) is 0 Å². The van der Waals surface area contributed by atoms with Crippen molar-refractivity contribution >= 4 is 15.7 Å². The van der Waals surface area contributed by atoms with Crippen molar-refractivity contribution in [3.05, 3.63) is 90.0 Å². The Bertz CT molecular complexity index is 1140. The van der Waals surface area contributed by atoms with Crippen molar-refractivity contribution in [3.63, 3.8) is 0 Å². The second kappa shape index (κ2) is 12.2. The molecule has 6 heteroatoms. The number of anilines is 1. The van der Waals surface area contributed by atoms with Gasteiger partial charge in [-0.3, -0.25) is 4.31 Å². The molecule has 1 saturated carbocycles. The summed E-state index contributed by atoms with van der Waals surface area (Å²) in [6.07, 6.45) is 8.89. The predicted octanol–water partition coefficient (Wildman–Crippen LogP) is 5.89. The monoisotopic (exact) mass is 492 g/mol. The van der Waals surface area contributed by atoms with E-state index in [1.165, 1.54) is 42.0 Å². The lowest BCUT2D eigenvalue weighted by molar-refractivity contribution is 0.342. The van der Waals surface area contributed by atoms with Crippen LogP contribution in [0.4, 0.5) is 5.69 Å². The van der Waals surface area contributed by atoms with Gasteiger partial charge in [-0.15, -0.1) is 0 Å². The molecular weight excluding hydrogens is 456 g/mol. The minimum Gasteiger partial charge on any atom is -0.508 e. The molecule has 0 bridgehead atoms. The lowest BCUT2D eigenvalue weighted by atomic mass is 9.89. The summed E-state index contributed by atoms with van der Waals surface area (Å²) in [6, 6.07) is 23.0. The number of phenols is 1. The largest absolute Gasteiger partial charge is 0.508 e. The van der Waals surface area contributed by atoms with Crippen LogP contribution in [0.3, 0.4) is 0 Å². The summed E-state index contributed by atoms with van der Waals surface area (Å²) >= 11 is 0. The van der Waals surface area contributed by atoms with Gasteiger partial charge in [-0.05, 0) is 92.2 Å². The number of hydrogen-bond donors (Lipinski definition) is 2. The maximum Gasteiger partial charge on any atom is 0.264 e. The minimum atomic E-state index is -3.75. The molecule has 1 aliphatic carbocycles. The normalized spacial score (nSPS) is 14.6. The topological polar surface area (TPSA) is 69.6 Å². The Balaban J connectivity index is 1.41. The summed E-state index contributed by atoms with van der Waals surface area (Å²) in [6.45, 7) is 2.32. The van der Waals surface area contributed by atoms with Gasteiger partial charge in [0.25, 0.3) is 10.0 Å². The van der Waals surface area contributed by atoms with Gasteiger partial charge in [-0.1, -0.05) is 61.7 Å². The van der Waals surface area contributed by atoms with E-state index in [0.717, 1.165) is 37.4 Å². The molecule has 3 aromatic rings. The summed E-state index contributed by atoms with van der Waals surface area (Å²) in [5.74, 6) is 0.998. The zero-order chi connectivity index (χ0) is 24.5. The molecule has 0 heterocycles. The van der Waals surface area contributed by atoms with Gasteiger partial charge in [-0.2, -0.15) is 0 Å². The number of phenolic OH excluding ortho intramolecular Hbond substituents is 1. The number of rotatable bonds is 11. The quantitative estimate of drug-likeness (QED) is 0.328. The number of aryl methyl sites for hydroxylation is 1. The van der Waals surface area contributed by atoms with E-state index in [1.807, 2.05) is 30.3 Å². The van der Waals surface area contributed by atoms with Gasteiger partial charge in [0.05, 0.1) is 17.1 Å². The fourth-order valence-corrected chi connectivity index (χ4v) is 6.22. The van der Waals surface area contributed by atoms with Crippen molar-refractivity contribution in [2.45, 2.75) is 56.4 Å². The van der Waals surface area contributed by atoms with Crippen molar-refractivity contribution < 1.29 is 13.5 Å².